The van der Waals surface area contributed by atoms with Crippen LogP contribution in [0.5, 0.6) is 17.2 Å². The summed E-state index contributed by atoms with van der Waals surface area (Å²) >= 11 is 5.74. The van der Waals surface area contributed by atoms with E-state index < -0.39 is 5.72 Å². The summed E-state index contributed by atoms with van der Waals surface area (Å²) in [5.41, 5.74) is 2.40. The highest BCUT2D eigenvalue weighted by molar-refractivity contribution is 7.80. The molecular weight excluding hydrogens is 444 g/mol. The van der Waals surface area contributed by atoms with E-state index in [1.54, 1.807) is 6.07 Å². The van der Waals surface area contributed by atoms with Crippen molar-refractivity contribution in [1.82, 2.24) is 10.6 Å². The number of phenols is 2. The second-order valence-electron chi connectivity index (χ2n) is 9.91. The minimum Gasteiger partial charge on any atom is -0.504 e. The van der Waals surface area contributed by atoms with E-state index in [9.17, 15) is 10.2 Å². The smallest absolute Gasteiger partial charge is 0.200 e. The highest BCUT2D eigenvalue weighted by atomic mass is 32.1. The van der Waals surface area contributed by atoms with Gasteiger partial charge in [-0.05, 0) is 48.2 Å². The van der Waals surface area contributed by atoms with Crippen LogP contribution >= 0.6 is 12.2 Å². The first-order valence-corrected chi connectivity index (χ1v) is 12.3. The summed E-state index contributed by atoms with van der Waals surface area (Å²) in [4.78, 5) is 0. The second kappa shape index (κ2) is 7.91. The van der Waals surface area contributed by atoms with Crippen molar-refractivity contribution in [1.29, 1.82) is 0 Å². The number of nitrogens with one attached hydrogen (secondary N) is 2. The Balaban J connectivity index is 1.58. The maximum absolute atomic E-state index is 10.9. The van der Waals surface area contributed by atoms with Gasteiger partial charge in [-0.25, -0.2) is 0 Å². The van der Waals surface area contributed by atoms with E-state index in [1.165, 1.54) is 0 Å². The van der Waals surface area contributed by atoms with Crippen molar-refractivity contribution in [2.75, 3.05) is 0 Å². The molecule has 0 radical (unpaired) electrons. The molecule has 3 aromatic carbocycles. The largest absolute Gasteiger partial charge is 0.504 e. The SMILES string of the molecule is CC1CC2C(c3ccccc3)NC(=S)NC23Oc2c(ccc(O)c2O)C(c2ccccc2)C3C1. The Morgan fingerprint density at radius 1 is 0.882 bits per heavy atom. The van der Waals surface area contributed by atoms with Crippen molar-refractivity contribution in [3.05, 3.63) is 89.5 Å². The first-order valence-electron chi connectivity index (χ1n) is 11.9. The maximum atomic E-state index is 10.9. The van der Waals surface area contributed by atoms with Crippen LogP contribution in [0.1, 0.15) is 48.4 Å². The third kappa shape index (κ3) is 3.16. The van der Waals surface area contributed by atoms with Crippen LogP contribution in [0.2, 0.25) is 0 Å². The van der Waals surface area contributed by atoms with Crippen molar-refractivity contribution >= 4 is 17.3 Å². The van der Waals surface area contributed by atoms with Gasteiger partial charge >= 0.3 is 0 Å². The normalized spacial score (nSPS) is 31.7. The predicted octanol–water partition coefficient (Wildman–Crippen LogP) is 5.20. The fourth-order valence-corrected chi connectivity index (χ4v) is 6.82. The molecule has 1 spiro atoms. The van der Waals surface area contributed by atoms with E-state index in [2.05, 4.69) is 54.0 Å². The molecule has 0 aromatic heterocycles. The third-order valence-corrected chi connectivity index (χ3v) is 8.10. The number of phenolic OH excluding ortho intramolecular Hbond substituents is 2. The Labute approximate surface area is 204 Å². The van der Waals surface area contributed by atoms with E-state index >= 15 is 0 Å². The van der Waals surface area contributed by atoms with Crippen LogP contribution in [0.25, 0.3) is 0 Å². The second-order valence-corrected chi connectivity index (χ2v) is 10.3. The first-order chi connectivity index (χ1) is 16.5. The zero-order valence-corrected chi connectivity index (χ0v) is 19.8. The molecule has 0 bridgehead atoms. The Hall–Kier alpha value is -3.25. The summed E-state index contributed by atoms with van der Waals surface area (Å²) in [6.45, 7) is 2.31. The molecule has 1 saturated carbocycles. The minimum atomic E-state index is -0.825. The Bertz CT molecular complexity index is 1240. The molecule has 0 amide bonds. The molecule has 6 unspecified atom stereocenters. The monoisotopic (exact) mass is 472 g/mol. The Morgan fingerprint density at radius 2 is 1.53 bits per heavy atom. The Morgan fingerprint density at radius 3 is 2.24 bits per heavy atom. The van der Waals surface area contributed by atoms with Crippen molar-refractivity contribution < 1.29 is 14.9 Å². The lowest BCUT2D eigenvalue weighted by atomic mass is 9.58. The van der Waals surface area contributed by atoms with Gasteiger partial charge in [0, 0.05) is 23.3 Å². The zero-order valence-electron chi connectivity index (χ0n) is 18.9. The van der Waals surface area contributed by atoms with E-state index in [-0.39, 0.29) is 35.3 Å². The molecule has 1 aliphatic carbocycles. The van der Waals surface area contributed by atoms with Crippen LogP contribution in [0.4, 0.5) is 0 Å². The highest BCUT2D eigenvalue weighted by Crippen LogP contribution is 2.61. The molecule has 6 heteroatoms. The number of benzene rings is 3. The van der Waals surface area contributed by atoms with Gasteiger partial charge in [0.25, 0.3) is 0 Å². The summed E-state index contributed by atoms with van der Waals surface area (Å²) in [5.74, 6) is 0.526. The van der Waals surface area contributed by atoms with Crippen LogP contribution in [0.15, 0.2) is 72.8 Å². The lowest BCUT2D eigenvalue weighted by Gasteiger charge is -2.60. The van der Waals surface area contributed by atoms with Gasteiger partial charge in [-0.1, -0.05) is 73.7 Å². The predicted molar refractivity (Wildman–Crippen MR) is 135 cm³/mol. The molecule has 2 heterocycles. The summed E-state index contributed by atoms with van der Waals surface area (Å²) in [6.07, 6.45) is 1.89. The molecule has 34 heavy (non-hydrogen) atoms. The summed E-state index contributed by atoms with van der Waals surface area (Å²) in [5, 5.41) is 28.9. The Kier molecular flexibility index (Phi) is 4.96. The number of aromatic hydroxyl groups is 2. The van der Waals surface area contributed by atoms with Crippen LogP contribution in [-0.4, -0.2) is 21.1 Å². The maximum Gasteiger partial charge on any atom is 0.200 e. The summed E-state index contributed by atoms with van der Waals surface area (Å²) in [6, 6.07) is 24.2. The van der Waals surface area contributed by atoms with Gasteiger partial charge in [0.05, 0.1) is 6.04 Å². The van der Waals surface area contributed by atoms with Crippen molar-refractivity contribution in [2.45, 2.75) is 37.5 Å². The fourth-order valence-electron chi connectivity index (χ4n) is 6.54. The number of thiocarbonyl (C=S) groups is 1. The van der Waals surface area contributed by atoms with Gasteiger partial charge in [0.2, 0.25) is 5.75 Å². The first kappa shape index (κ1) is 21.3. The van der Waals surface area contributed by atoms with Crippen LogP contribution < -0.4 is 15.4 Å². The molecule has 174 valence electrons. The lowest BCUT2D eigenvalue weighted by molar-refractivity contribution is -0.133. The van der Waals surface area contributed by atoms with Gasteiger partial charge in [0.1, 0.15) is 0 Å². The van der Waals surface area contributed by atoms with Crippen molar-refractivity contribution in [2.24, 2.45) is 17.8 Å². The van der Waals surface area contributed by atoms with Crippen LogP contribution in [-0.2, 0) is 0 Å². The van der Waals surface area contributed by atoms with Gasteiger partial charge in [0.15, 0.2) is 22.3 Å². The van der Waals surface area contributed by atoms with Crippen LogP contribution in [0.3, 0.4) is 0 Å². The topological polar surface area (TPSA) is 73.8 Å². The molecule has 6 atom stereocenters. The molecule has 3 aromatic rings. The fraction of sp³-hybridized carbons (Fsp3) is 0.321. The van der Waals surface area contributed by atoms with E-state index in [0.29, 0.717) is 16.8 Å². The number of fused-ring (bicyclic) bond motifs is 1. The lowest BCUT2D eigenvalue weighted by Crippen LogP contribution is -2.74. The van der Waals surface area contributed by atoms with E-state index in [4.69, 9.17) is 17.0 Å². The number of ether oxygens (including phenoxy) is 1. The third-order valence-electron chi connectivity index (χ3n) is 7.88. The van der Waals surface area contributed by atoms with Crippen molar-refractivity contribution in [3.8, 4) is 17.2 Å². The van der Waals surface area contributed by atoms with E-state index in [0.717, 1.165) is 29.5 Å². The van der Waals surface area contributed by atoms with Gasteiger partial charge < -0.3 is 25.6 Å². The number of rotatable bonds is 2. The van der Waals surface area contributed by atoms with Crippen molar-refractivity contribution in [3.63, 3.8) is 0 Å². The van der Waals surface area contributed by atoms with Gasteiger partial charge in [-0.2, -0.15) is 0 Å². The molecular formula is C28H28N2O3S. The zero-order chi connectivity index (χ0) is 23.4. The molecule has 3 aliphatic rings. The van der Waals surface area contributed by atoms with E-state index in [1.807, 2.05) is 30.3 Å². The molecule has 4 N–H and O–H groups in total. The molecule has 6 rings (SSSR count). The summed E-state index contributed by atoms with van der Waals surface area (Å²) < 4.78 is 6.81. The van der Waals surface area contributed by atoms with Crippen LogP contribution in [0, 0.1) is 17.8 Å². The molecule has 2 aliphatic heterocycles. The highest BCUT2D eigenvalue weighted by Gasteiger charge is 2.62. The molecule has 5 nitrogen and oxygen atoms in total. The minimum absolute atomic E-state index is 0.0217. The summed E-state index contributed by atoms with van der Waals surface area (Å²) in [7, 11) is 0. The molecule has 1 saturated heterocycles. The quantitative estimate of drug-likeness (QED) is 0.304. The average Bonchev–Trinajstić information content (AvgIpc) is 2.85. The number of hydrogen-bond acceptors (Lipinski definition) is 4. The average molecular weight is 473 g/mol. The van der Waals surface area contributed by atoms with Gasteiger partial charge in [-0.15, -0.1) is 0 Å². The molecule has 2 fully saturated rings. The standard InChI is InChI=1S/C28H28N2O3S/c1-16-14-20-23(17-8-4-2-5-9-17)19-12-13-22(31)25(32)26(19)33-28(20)21(15-16)24(29-27(34)30-28)18-10-6-3-7-11-18/h2-13,16,20-21,23-24,31-32H,14-15H2,1H3,(H2,29,30,34). The number of hydrogen-bond donors (Lipinski definition) is 4. The van der Waals surface area contributed by atoms with Gasteiger partial charge in [-0.3, -0.25) is 0 Å².